The second-order valence-corrected chi connectivity index (χ2v) is 7.45. The third-order valence-electron chi connectivity index (χ3n) is 5.26. The smallest absolute Gasteiger partial charge is 0.337 e. The molecule has 3 aromatic rings. The second-order valence-electron chi connectivity index (χ2n) is 7.45. The van der Waals surface area contributed by atoms with Crippen LogP contribution in [0.15, 0.2) is 54.7 Å². The van der Waals surface area contributed by atoms with Gasteiger partial charge >= 0.3 is 5.97 Å². The maximum absolute atomic E-state index is 12.0. The minimum Gasteiger partial charge on any atom is -0.478 e. The maximum Gasteiger partial charge on any atom is 0.337 e. The third-order valence-corrected chi connectivity index (χ3v) is 5.26. The van der Waals surface area contributed by atoms with Crippen molar-refractivity contribution < 1.29 is 19.4 Å². The number of nitriles is 1. The van der Waals surface area contributed by atoms with Gasteiger partial charge in [0, 0.05) is 36.1 Å². The van der Waals surface area contributed by atoms with Gasteiger partial charge in [-0.25, -0.2) is 14.8 Å². The van der Waals surface area contributed by atoms with Crippen molar-refractivity contribution >= 4 is 29.2 Å². The lowest BCUT2D eigenvalue weighted by molar-refractivity contribution is 0.0696. The molecule has 2 heterocycles. The van der Waals surface area contributed by atoms with Crippen LogP contribution in [0.25, 0.3) is 11.3 Å². The van der Waals surface area contributed by atoms with Crippen LogP contribution in [0.1, 0.15) is 20.7 Å². The molecule has 10 heteroatoms. The molecule has 34 heavy (non-hydrogen) atoms. The first-order valence-corrected chi connectivity index (χ1v) is 10.6. The van der Waals surface area contributed by atoms with Crippen molar-refractivity contribution in [3.63, 3.8) is 0 Å². The van der Waals surface area contributed by atoms with E-state index in [1.807, 2.05) is 11.0 Å². The molecule has 172 valence electrons. The second kappa shape index (κ2) is 10.4. The van der Waals surface area contributed by atoms with E-state index in [1.54, 1.807) is 54.7 Å². The Balaban J connectivity index is 1.52. The zero-order chi connectivity index (χ0) is 23.9. The number of carboxylic acid groups (broad SMARTS) is 1. The topological polar surface area (TPSA) is 140 Å². The Morgan fingerprint density at radius 3 is 2.59 bits per heavy atom. The molecule has 1 aliphatic heterocycles. The van der Waals surface area contributed by atoms with E-state index in [0.717, 1.165) is 5.56 Å². The summed E-state index contributed by atoms with van der Waals surface area (Å²) in [4.78, 5) is 34.6. The monoisotopic (exact) mass is 458 g/mol. The fourth-order valence-corrected chi connectivity index (χ4v) is 3.59. The molecule has 0 saturated carbocycles. The number of carbonyl (C=O) groups excluding carboxylic acids is 1. The standard InChI is InChI=1S/C24H22N6O4/c25-8-10-26-22(31)17-3-1-16(2-4-17)20-7-9-27-24(29-20)28-18-5-6-21(19(15-18)23(32)33)30-11-13-34-14-12-30/h1-7,9,15H,10-14H2,(H,26,31)(H,32,33)(H,27,28,29). The van der Waals surface area contributed by atoms with E-state index in [2.05, 4.69) is 20.6 Å². The van der Waals surface area contributed by atoms with Crippen LogP contribution in [-0.4, -0.2) is 59.8 Å². The number of carboxylic acids is 1. The van der Waals surface area contributed by atoms with Gasteiger partial charge in [-0.15, -0.1) is 0 Å². The van der Waals surface area contributed by atoms with Crippen molar-refractivity contribution in [3.8, 4) is 17.3 Å². The summed E-state index contributed by atoms with van der Waals surface area (Å²) in [5.41, 5.74) is 3.23. The fraction of sp³-hybridized carbons (Fsp3) is 0.208. The summed E-state index contributed by atoms with van der Waals surface area (Å²) in [7, 11) is 0. The molecule has 2 aromatic carbocycles. The highest BCUT2D eigenvalue weighted by atomic mass is 16.5. The number of hydrogen-bond donors (Lipinski definition) is 3. The maximum atomic E-state index is 12.0. The zero-order valence-corrected chi connectivity index (χ0v) is 18.2. The molecule has 0 radical (unpaired) electrons. The van der Waals surface area contributed by atoms with Crippen molar-refractivity contribution in [2.24, 2.45) is 0 Å². The molecular weight excluding hydrogens is 436 g/mol. The Morgan fingerprint density at radius 1 is 1.12 bits per heavy atom. The average Bonchev–Trinajstić information content (AvgIpc) is 2.88. The Kier molecular flexibility index (Phi) is 6.95. The highest BCUT2D eigenvalue weighted by Crippen LogP contribution is 2.27. The molecule has 1 amide bonds. The predicted molar refractivity (Wildman–Crippen MR) is 125 cm³/mol. The van der Waals surface area contributed by atoms with Gasteiger partial charge in [0.05, 0.1) is 36.2 Å². The largest absolute Gasteiger partial charge is 0.478 e. The number of hydrogen-bond acceptors (Lipinski definition) is 8. The lowest BCUT2D eigenvalue weighted by Crippen LogP contribution is -2.37. The van der Waals surface area contributed by atoms with Crippen LogP contribution in [0, 0.1) is 11.3 Å². The van der Waals surface area contributed by atoms with Gasteiger partial charge in [-0.2, -0.15) is 5.26 Å². The van der Waals surface area contributed by atoms with Gasteiger partial charge in [-0.3, -0.25) is 4.79 Å². The summed E-state index contributed by atoms with van der Waals surface area (Å²) >= 11 is 0. The van der Waals surface area contributed by atoms with Gasteiger partial charge in [-0.1, -0.05) is 12.1 Å². The van der Waals surface area contributed by atoms with E-state index in [9.17, 15) is 14.7 Å². The van der Waals surface area contributed by atoms with Crippen molar-refractivity contribution in [1.29, 1.82) is 5.26 Å². The van der Waals surface area contributed by atoms with E-state index < -0.39 is 5.97 Å². The Morgan fingerprint density at radius 2 is 1.88 bits per heavy atom. The minimum absolute atomic E-state index is 0.0570. The summed E-state index contributed by atoms with van der Waals surface area (Å²) in [5, 5.41) is 23.9. The van der Waals surface area contributed by atoms with Crippen LogP contribution in [-0.2, 0) is 4.74 Å². The minimum atomic E-state index is -1.02. The molecule has 0 bridgehead atoms. The van der Waals surface area contributed by atoms with Gasteiger partial charge in [0.25, 0.3) is 5.91 Å². The Hall–Kier alpha value is -4.49. The first-order valence-electron chi connectivity index (χ1n) is 10.6. The molecule has 0 spiro atoms. The SMILES string of the molecule is N#CCNC(=O)c1ccc(-c2ccnc(Nc3ccc(N4CCOCC4)c(C(=O)O)c3)n2)cc1. The Bertz CT molecular complexity index is 1230. The highest BCUT2D eigenvalue weighted by molar-refractivity contribution is 5.96. The van der Waals surface area contributed by atoms with Crippen LogP contribution >= 0.6 is 0 Å². The van der Waals surface area contributed by atoms with Gasteiger partial charge in [0.2, 0.25) is 5.95 Å². The molecule has 0 unspecified atom stereocenters. The van der Waals surface area contributed by atoms with Crippen LogP contribution in [0.5, 0.6) is 0 Å². The Labute approximate surface area is 195 Å². The number of benzene rings is 2. The van der Waals surface area contributed by atoms with E-state index in [0.29, 0.717) is 54.9 Å². The molecule has 0 atom stereocenters. The van der Waals surface area contributed by atoms with Crippen molar-refractivity contribution in [3.05, 3.63) is 65.9 Å². The molecule has 1 saturated heterocycles. The lowest BCUT2D eigenvalue weighted by Gasteiger charge is -2.30. The number of carbonyl (C=O) groups is 2. The van der Waals surface area contributed by atoms with Crippen molar-refractivity contribution in [1.82, 2.24) is 15.3 Å². The third kappa shape index (κ3) is 5.28. The molecule has 3 N–H and O–H groups in total. The van der Waals surface area contributed by atoms with E-state index in [1.165, 1.54) is 0 Å². The molecule has 1 aliphatic rings. The van der Waals surface area contributed by atoms with Gasteiger partial charge in [0.15, 0.2) is 0 Å². The normalized spacial score (nSPS) is 13.1. The van der Waals surface area contributed by atoms with Crippen LogP contribution < -0.4 is 15.5 Å². The number of aromatic carboxylic acids is 1. The summed E-state index contributed by atoms with van der Waals surface area (Å²) in [5.74, 6) is -1.03. The van der Waals surface area contributed by atoms with Gasteiger partial charge in [0.1, 0.15) is 6.54 Å². The molecular formula is C24H22N6O4. The number of nitrogens with zero attached hydrogens (tertiary/aromatic N) is 4. The summed E-state index contributed by atoms with van der Waals surface area (Å²) in [6.07, 6.45) is 1.60. The summed E-state index contributed by atoms with van der Waals surface area (Å²) in [6.45, 7) is 2.34. The zero-order valence-electron chi connectivity index (χ0n) is 18.2. The number of nitrogens with one attached hydrogen (secondary N) is 2. The lowest BCUT2D eigenvalue weighted by atomic mass is 10.1. The number of rotatable bonds is 7. The van der Waals surface area contributed by atoms with Gasteiger partial charge < -0.3 is 25.4 Å². The summed E-state index contributed by atoms with van der Waals surface area (Å²) < 4.78 is 5.36. The van der Waals surface area contributed by atoms with Gasteiger partial charge in [-0.05, 0) is 36.4 Å². The van der Waals surface area contributed by atoms with E-state index in [4.69, 9.17) is 10.00 Å². The van der Waals surface area contributed by atoms with Crippen molar-refractivity contribution in [2.75, 3.05) is 43.1 Å². The van der Waals surface area contributed by atoms with E-state index >= 15 is 0 Å². The van der Waals surface area contributed by atoms with E-state index in [-0.39, 0.29) is 18.0 Å². The predicted octanol–water partition coefficient (Wildman–Crippen LogP) is 2.68. The molecule has 1 fully saturated rings. The average molecular weight is 458 g/mol. The number of morpholine rings is 1. The number of aromatic nitrogens is 2. The fourth-order valence-electron chi connectivity index (χ4n) is 3.59. The number of ether oxygens (including phenoxy) is 1. The van der Waals surface area contributed by atoms with Crippen LogP contribution in [0.3, 0.4) is 0 Å². The number of amides is 1. The van der Waals surface area contributed by atoms with Crippen LogP contribution in [0.4, 0.5) is 17.3 Å². The molecule has 0 aliphatic carbocycles. The first kappa shape index (κ1) is 22.7. The quantitative estimate of drug-likeness (QED) is 0.456. The highest BCUT2D eigenvalue weighted by Gasteiger charge is 2.19. The first-order chi connectivity index (χ1) is 16.5. The van der Waals surface area contributed by atoms with Crippen molar-refractivity contribution in [2.45, 2.75) is 0 Å². The molecule has 1 aromatic heterocycles. The molecule has 4 rings (SSSR count). The number of anilines is 3. The molecule has 10 nitrogen and oxygen atoms in total. The summed E-state index contributed by atoms with van der Waals surface area (Å²) in [6, 6.07) is 15.6. The van der Waals surface area contributed by atoms with Crippen LogP contribution in [0.2, 0.25) is 0 Å².